The SMILES string of the molecule is O=C(Nc1c(F)cccc1N1CCCC1)c1c[nH]c2ccc([N+](=O)[O-])cc12. The highest BCUT2D eigenvalue weighted by molar-refractivity contribution is 6.14. The topological polar surface area (TPSA) is 91.3 Å². The Morgan fingerprint density at radius 2 is 2.00 bits per heavy atom. The normalized spacial score (nSPS) is 13.9. The summed E-state index contributed by atoms with van der Waals surface area (Å²) in [6.45, 7) is 1.62. The van der Waals surface area contributed by atoms with Gasteiger partial charge in [-0.3, -0.25) is 14.9 Å². The van der Waals surface area contributed by atoms with Crippen LogP contribution in [0.15, 0.2) is 42.6 Å². The number of nitro benzene ring substituents is 1. The molecule has 1 aliphatic heterocycles. The number of H-pyrrole nitrogens is 1. The Bertz CT molecular complexity index is 1040. The number of aromatic nitrogens is 1. The predicted octanol–water partition coefficient (Wildman–Crippen LogP) is 4.07. The summed E-state index contributed by atoms with van der Waals surface area (Å²) in [6, 6.07) is 8.95. The number of aromatic amines is 1. The zero-order valence-corrected chi connectivity index (χ0v) is 14.4. The van der Waals surface area contributed by atoms with E-state index < -0.39 is 16.6 Å². The molecule has 7 nitrogen and oxygen atoms in total. The zero-order valence-electron chi connectivity index (χ0n) is 14.4. The second kappa shape index (κ2) is 6.71. The first-order valence-corrected chi connectivity index (χ1v) is 8.65. The zero-order chi connectivity index (χ0) is 19.0. The lowest BCUT2D eigenvalue weighted by atomic mass is 10.1. The maximum atomic E-state index is 14.5. The smallest absolute Gasteiger partial charge is 0.270 e. The molecule has 0 unspecified atom stereocenters. The van der Waals surface area contributed by atoms with Gasteiger partial charge in [0.25, 0.3) is 11.6 Å². The Labute approximate surface area is 153 Å². The first kappa shape index (κ1) is 17.0. The summed E-state index contributed by atoms with van der Waals surface area (Å²) < 4.78 is 14.5. The van der Waals surface area contributed by atoms with Crippen molar-refractivity contribution >= 4 is 33.9 Å². The third kappa shape index (κ3) is 3.10. The van der Waals surface area contributed by atoms with Gasteiger partial charge in [-0.25, -0.2) is 4.39 Å². The fourth-order valence-corrected chi connectivity index (χ4v) is 3.45. The summed E-state index contributed by atoms with van der Waals surface area (Å²) >= 11 is 0. The van der Waals surface area contributed by atoms with Crippen molar-refractivity contribution in [1.82, 2.24) is 4.98 Å². The van der Waals surface area contributed by atoms with Crippen molar-refractivity contribution in [3.63, 3.8) is 0 Å². The average molecular weight is 368 g/mol. The number of anilines is 2. The summed E-state index contributed by atoms with van der Waals surface area (Å²) in [5.41, 5.74) is 1.49. The van der Waals surface area contributed by atoms with Crippen LogP contribution < -0.4 is 10.2 Å². The fourth-order valence-electron chi connectivity index (χ4n) is 3.45. The Hall–Kier alpha value is -3.42. The summed E-state index contributed by atoms with van der Waals surface area (Å²) in [5, 5.41) is 14.1. The molecule has 3 aromatic rings. The second-order valence-corrected chi connectivity index (χ2v) is 6.47. The van der Waals surface area contributed by atoms with Crippen LogP contribution in [-0.2, 0) is 0 Å². The minimum atomic E-state index is -0.521. The second-order valence-electron chi connectivity index (χ2n) is 6.47. The summed E-state index contributed by atoms with van der Waals surface area (Å²) in [5.74, 6) is -1.04. The molecule has 1 fully saturated rings. The van der Waals surface area contributed by atoms with E-state index in [0.29, 0.717) is 16.6 Å². The van der Waals surface area contributed by atoms with Crippen LogP contribution in [0.4, 0.5) is 21.5 Å². The van der Waals surface area contributed by atoms with Crippen LogP contribution in [0.25, 0.3) is 10.9 Å². The molecule has 1 amide bonds. The lowest BCUT2D eigenvalue weighted by Crippen LogP contribution is -2.22. The number of benzene rings is 2. The van der Waals surface area contributed by atoms with Gasteiger partial charge >= 0.3 is 0 Å². The van der Waals surface area contributed by atoms with Crippen LogP contribution in [0.3, 0.4) is 0 Å². The maximum absolute atomic E-state index is 14.5. The fraction of sp³-hybridized carbons (Fsp3) is 0.211. The third-order valence-corrected chi connectivity index (χ3v) is 4.80. The number of nitrogens with one attached hydrogen (secondary N) is 2. The van der Waals surface area contributed by atoms with Crippen molar-refractivity contribution in [2.24, 2.45) is 0 Å². The minimum Gasteiger partial charge on any atom is -0.370 e. The molecule has 0 spiro atoms. The van der Waals surface area contributed by atoms with Crippen LogP contribution in [0.2, 0.25) is 0 Å². The minimum absolute atomic E-state index is 0.111. The molecular formula is C19H17FN4O3. The molecule has 2 heterocycles. The van der Waals surface area contributed by atoms with Crippen LogP contribution in [-0.4, -0.2) is 28.9 Å². The van der Waals surface area contributed by atoms with Crippen molar-refractivity contribution in [3.8, 4) is 0 Å². The Balaban J connectivity index is 1.70. The van der Waals surface area contributed by atoms with Gasteiger partial charge in [0.1, 0.15) is 11.5 Å². The third-order valence-electron chi connectivity index (χ3n) is 4.80. The van der Waals surface area contributed by atoms with E-state index in [0.717, 1.165) is 25.9 Å². The number of non-ortho nitro benzene ring substituents is 1. The summed E-state index contributed by atoms with van der Waals surface area (Å²) in [7, 11) is 0. The van der Waals surface area contributed by atoms with Gasteiger partial charge in [0.2, 0.25) is 0 Å². The highest BCUT2D eigenvalue weighted by atomic mass is 19.1. The van der Waals surface area contributed by atoms with Crippen LogP contribution >= 0.6 is 0 Å². The molecule has 2 aromatic carbocycles. The van der Waals surface area contributed by atoms with E-state index in [1.165, 1.54) is 24.4 Å². The first-order chi connectivity index (χ1) is 13.0. The predicted molar refractivity (Wildman–Crippen MR) is 101 cm³/mol. The highest BCUT2D eigenvalue weighted by Crippen LogP contribution is 2.32. The van der Waals surface area contributed by atoms with Crippen molar-refractivity contribution in [2.75, 3.05) is 23.3 Å². The lowest BCUT2D eigenvalue weighted by molar-refractivity contribution is -0.384. The van der Waals surface area contributed by atoms with Crippen molar-refractivity contribution in [1.29, 1.82) is 0 Å². The number of nitrogens with zero attached hydrogens (tertiary/aromatic N) is 2. The summed E-state index contributed by atoms with van der Waals surface area (Å²) in [4.78, 5) is 28.3. The maximum Gasteiger partial charge on any atom is 0.270 e. The number of para-hydroxylation sites is 1. The average Bonchev–Trinajstić information content (AvgIpc) is 3.32. The molecule has 1 aromatic heterocycles. The Morgan fingerprint density at radius 3 is 2.74 bits per heavy atom. The van der Waals surface area contributed by atoms with Gasteiger partial charge in [-0.1, -0.05) is 6.07 Å². The van der Waals surface area contributed by atoms with Crippen LogP contribution in [0, 0.1) is 15.9 Å². The van der Waals surface area contributed by atoms with Gasteiger partial charge in [-0.05, 0) is 31.0 Å². The Kier molecular flexibility index (Phi) is 4.23. The molecule has 1 saturated heterocycles. The van der Waals surface area contributed by atoms with Crippen LogP contribution in [0.1, 0.15) is 23.2 Å². The number of carbonyl (C=O) groups excluding carboxylic acids is 1. The first-order valence-electron chi connectivity index (χ1n) is 8.65. The number of amides is 1. The molecule has 2 N–H and O–H groups in total. The van der Waals surface area contributed by atoms with Crippen molar-refractivity contribution < 1.29 is 14.1 Å². The van der Waals surface area contributed by atoms with Gasteiger partial charge in [0, 0.05) is 42.3 Å². The van der Waals surface area contributed by atoms with E-state index in [1.54, 1.807) is 18.2 Å². The number of halogens is 1. The molecule has 0 radical (unpaired) electrons. The van der Waals surface area contributed by atoms with E-state index >= 15 is 0 Å². The number of fused-ring (bicyclic) bond motifs is 1. The van der Waals surface area contributed by atoms with E-state index in [2.05, 4.69) is 10.3 Å². The molecule has 0 bridgehead atoms. The molecule has 138 valence electrons. The largest absolute Gasteiger partial charge is 0.370 e. The lowest BCUT2D eigenvalue weighted by Gasteiger charge is -2.21. The monoisotopic (exact) mass is 368 g/mol. The van der Waals surface area contributed by atoms with Crippen molar-refractivity contribution in [2.45, 2.75) is 12.8 Å². The number of carbonyl (C=O) groups is 1. The highest BCUT2D eigenvalue weighted by Gasteiger charge is 2.22. The van der Waals surface area contributed by atoms with Crippen molar-refractivity contribution in [3.05, 3.63) is 64.1 Å². The number of nitro groups is 1. The van der Waals surface area contributed by atoms with Gasteiger partial charge in [0.15, 0.2) is 0 Å². The molecule has 8 heteroatoms. The standard InChI is InChI=1S/C19H17FN4O3/c20-15-4-3-5-17(23-8-1-2-9-23)18(15)22-19(25)14-11-21-16-7-6-12(24(26)27)10-13(14)16/h3-7,10-11,21H,1-2,8-9H2,(H,22,25). The van der Waals surface area contributed by atoms with Crippen LogP contribution in [0.5, 0.6) is 0 Å². The molecule has 4 rings (SSSR count). The van der Waals surface area contributed by atoms with E-state index in [-0.39, 0.29) is 16.9 Å². The quantitative estimate of drug-likeness (QED) is 0.536. The van der Waals surface area contributed by atoms with E-state index in [1.807, 2.05) is 4.90 Å². The van der Waals surface area contributed by atoms with E-state index in [9.17, 15) is 19.3 Å². The Morgan fingerprint density at radius 1 is 1.22 bits per heavy atom. The van der Waals surface area contributed by atoms with Gasteiger partial charge < -0.3 is 15.2 Å². The van der Waals surface area contributed by atoms with E-state index in [4.69, 9.17) is 0 Å². The number of hydrogen-bond acceptors (Lipinski definition) is 4. The molecule has 1 aliphatic rings. The molecule has 0 atom stereocenters. The molecule has 0 aliphatic carbocycles. The van der Waals surface area contributed by atoms with Gasteiger partial charge in [-0.15, -0.1) is 0 Å². The summed E-state index contributed by atoms with van der Waals surface area (Å²) in [6.07, 6.45) is 3.52. The number of hydrogen-bond donors (Lipinski definition) is 2. The van der Waals surface area contributed by atoms with Gasteiger partial charge in [-0.2, -0.15) is 0 Å². The number of rotatable bonds is 4. The molecule has 0 saturated carbocycles. The molecule has 27 heavy (non-hydrogen) atoms. The van der Waals surface area contributed by atoms with Gasteiger partial charge in [0.05, 0.1) is 16.2 Å². The molecular weight excluding hydrogens is 351 g/mol.